The molecule has 0 aliphatic carbocycles. The quantitative estimate of drug-likeness (QED) is 0.704. The van der Waals surface area contributed by atoms with Gasteiger partial charge in [-0.15, -0.1) is 0 Å². The lowest BCUT2D eigenvalue weighted by Crippen LogP contribution is -2.27. The lowest BCUT2D eigenvalue weighted by atomic mass is 10.3. The van der Waals surface area contributed by atoms with Crippen molar-refractivity contribution >= 4 is 10.0 Å². The Morgan fingerprint density at radius 3 is 2.37 bits per heavy atom. The Balaban J connectivity index is 2.30. The molecule has 1 rings (SSSR count). The molecule has 0 aliphatic rings. The fourth-order valence-electron chi connectivity index (χ4n) is 1.84. The van der Waals surface area contributed by atoms with E-state index in [4.69, 9.17) is 0 Å². The van der Waals surface area contributed by atoms with Gasteiger partial charge in [0.2, 0.25) is 10.0 Å². The average Bonchev–Trinajstić information content (AvgIpc) is 2.44. The summed E-state index contributed by atoms with van der Waals surface area (Å²) in [5.74, 6) is 0. The first-order chi connectivity index (χ1) is 9.10. The van der Waals surface area contributed by atoms with E-state index in [0.29, 0.717) is 11.4 Å². The second-order valence-electron chi connectivity index (χ2n) is 4.37. The summed E-state index contributed by atoms with van der Waals surface area (Å²) < 4.78 is 26.4. The van der Waals surface area contributed by atoms with E-state index in [0.717, 1.165) is 32.5 Å². The minimum Gasteiger partial charge on any atom is -0.304 e. The Morgan fingerprint density at radius 2 is 1.79 bits per heavy atom. The fraction of sp³-hybridized carbons (Fsp3) is 0.571. The molecule has 4 nitrogen and oxygen atoms in total. The first kappa shape index (κ1) is 16.1. The third-order valence-electron chi connectivity index (χ3n) is 3.09. The molecule has 0 atom stereocenters. The Kier molecular flexibility index (Phi) is 7.05. The number of hydrogen-bond donors (Lipinski definition) is 1. The van der Waals surface area contributed by atoms with Crippen molar-refractivity contribution in [1.82, 2.24) is 9.62 Å². The van der Waals surface area contributed by atoms with Gasteiger partial charge < -0.3 is 4.90 Å². The molecule has 107 valence electrons. The zero-order chi connectivity index (χ0) is 14.1. The van der Waals surface area contributed by atoms with Gasteiger partial charge in [-0.2, -0.15) is 0 Å². The number of benzene rings is 1. The van der Waals surface area contributed by atoms with Crippen LogP contribution >= 0.6 is 0 Å². The van der Waals surface area contributed by atoms with Gasteiger partial charge in [0, 0.05) is 6.54 Å². The first-order valence-corrected chi connectivity index (χ1v) is 8.26. The van der Waals surface area contributed by atoms with Crippen molar-refractivity contribution in [3.8, 4) is 0 Å². The molecule has 1 aromatic carbocycles. The fourth-order valence-corrected chi connectivity index (χ4v) is 2.91. The van der Waals surface area contributed by atoms with E-state index in [9.17, 15) is 8.42 Å². The van der Waals surface area contributed by atoms with Crippen LogP contribution in [0.2, 0.25) is 0 Å². The van der Waals surface area contributed by atoms with Gasteiger partial charge in [0.25, 0.3) is 0 Å². The molecule has 0 fully saturated rings. The molecule has 1 N–H and O–H groups in total. The van der Waals surface area contributed by atoms with Crippen LogP contribution < -0.4 is 4.72 Å². The Hall–Kier alpha value is -0.910. The van der Waals surface area contributed by atoms with E-state index in [2.05, 4.69) is 29.5 Å². The van der Waals surface area contributed by atoms with Gasteiger partial charge in [-0.1, -0.05) is 26.0 Å². The standard InChI is InChI=1S/C14H23N2O2S/c1-3-16(4-2)13-9-8-12-15-19(17,18)14-10-6-5-7-11-14/h6-7,10-11,15H,3-4,8-9,12-13H2,1-2H3. The van der Waals surface area contributed by atoms with Crippen LogP contribution in [0, 0.1) is 6.07 Å². The number of rotatable bonds is 9. The van der Waals surface area contributed by atoms with Crippen molar-refractivity contribution in [1.29, 1.82) is 0 Å². The van der Waals surface area contributed by atoms with Gasteiger partial charge in [-0.25, -0.2) is 13.1 Å². The number of unbranched alkanes of at least 4 members (excludes halogenated alkanes) is 1. The van der Waals surface area contributed by atoms with Gasteiger partial charge >= 0.3 is 0 Å². The van der Waals surface area contributed by atoms with E-state index in [1.165, 1.54) is 0 Å². The van der Waals surface area contributed by atoms with Gasteiger partial charge in [0.15, 0.2) is 0 Å². The van der Waals surface area contributed by atoms with Crippen molar-refractivity contribution in [3.63, 3.8) is 0 Å². The van der Waals surface area contributed by atoms with Crippen LogP contribution in [0.4, 0.5) is 0 Å². The summed E-state index contributed by atoms with van der Waals surface area (Å²) >= 11 is 0. The third kappa shape index (κ3) is 5.72. The highest BCUT2D eigenvalue weighted by Gasteiger charge is 2.11. The number of nitrogens with zero attached hydrogens (tertiary/aromatic N) is 1. The largest absolute Gasteiger partial charge is 0.304 e. The van der Waals surface area contributed by atoms with Gasteiger partial charge in [-0.3, -0.25) is 0 Å². The van der Waals surface area contributed by atoms with Crippen molar-refractivity contribution in [3.05, 3.63) is 30.3 Å². The number of sulfonamides is 1. The normalized spacial score (nSPS) is 11.9. The summed E-state index contributed by atoms with van der Waals surface area (Å²) in [6, 6.07) is 9.13. The molecule has 5 heteroatoms. The van der Waals surface area contributed by atoms with E-state index < -0.39 is 10.0 Å². The zero-order valence-corrected chi connectivity index (χ0v) is 12.5. The van der Waals surface area contributed by atoms with Crippen molar-refractivity contribution in [2.24, 2.45) is 0 Å². The van der Waals surface area contributed by atoms with E-state index >= 15 is 0 Å². The molecular formula is C14H23N2O2S. The number of hydrogen-bond acceptors (Lipinski definition) is 3. The topological polar surface area (TPSA) is 49.4 Å². The monoisotopic (exact) mass is 283 g/mol. The smallest absolute Gasteiger partial charge is 0.240 e. The Bertz CT molecular complexity index is 442. The van der Waals surface area contributed by atoms with E-state index in [1.54, 1.807) is 24.3 Å². The van der Waals surface area contributed by atoms with E-state index in [-0.39, 0.29) is 0 Å². The molecule has 19 heavy (non-hydrogen) atoms. The highest BCUT2D eigenvalue weighted by molar-refractivity contribution is 7.89. The van der Waals surface area contributed by atoms with Crippen LogP contribution in [-0.2, 0) is 10.0 Å². The lowest BCUT2D eigenvalue weighted by molar-refractivity contribution is 0.297. The van der Waals surface area contributed by atoms with Gasteiger partial charge in [-0.05, 0) is 50.7 Å². The average molecular weight is 283 g/mol. The summed E-state index contributed by atoms with van der Waals surface area (Å²) in [5.41, 5.74) is 0. The van der Waals surface area contributed by atoms with Crippen molar-refractivity contribution in [2.45, 2.75) is 31.6 Å². The molecule has 0 spiro atoms. The van der Waals surface area contributed by atoms with Gasteiger partial charge in [0.05, 0.1) is 4.90 Å². The van der Waals surface area contributed by atoms with Crippen LogP contribution in [0.3, 0.4) is 0 Å². The molecule has 0 heterocycles. The summed E-state index contributed by atoms with van der Waals surface area (Å²) in [7, 11) is -3.36. The highest BCUT2D eigenvalue weighted by atomic mass is 32.2. The predicted octanol–water partition coefficient (Wildman–Crippen LogP) is 1.89. The SMILES string of the molecule is CCN(CC)CCCCNS(=O)(=O)c1cc[c]cc1. The number of nitrogens with one attached hydrogen (secondary N) is 1. The summed E-state index contributed by atoms with van der Waals surface area (Å²) in [6.45, 7) is 7.87. The zero-order valence-electron chi connectivity index (χ0n) is 11.7. The maximum Gasteiger partial charge on any atom is 0.240 e. The molecule has 0 bridgehead atoms. The molecule has 1 radical (unpaired) electrons. The summed E-state index contributed by atoms with van der Waals surface area (Å²) in [4.78, 5) is 2.64. The summed E-state index contributed by atoms with van der Waals surface area (Å²) in [6.07, 6.45) is 1.86. The molecule has 0 aromatic heterocycles. The minimum atomic E-state index is -3.36. The molecule has 0 saturated heterocycles. The third-order valence-corrected chi connectivity index (χ3v) is 4.56. The maximum absolute atomic E-state index is 11.9. The maximum atomic E-state index is 11.9. The first-order valence-electron chi connectivity index (χ1n) is 6.78. The predicted molar refractivity (Wildman–Crippen MR) is 77.5 cm³/mol. The molecule has 0 saturated carbocycles. The van der Waals surface area contributed by atoms with Crippen LogP contribution in [0.5, 0.6) is 0 Å². The van der Waals surface area contributed by atoms with Crippen LogP contribution in [-0.4, -0.2) is 39.5 Å². The van der Waals surface area contributed by atoms with Gasteiger partial charge in [0.1, 0.15) is 0 Å². The molecule has 0 amide bonds. The summed E-state index contributed by atoms with van der Waals surface area (Å²) in [5, 5.41) is 0. The lowest BCUT2D eigenvalue weighted by Gasteiger charge is -2.17. The second-order valence-corrected chi connectivity index (χ2v) is 6.13. The Morgan fingerprint density at radius 1 is 1.16 bits per heavy atom. The van der Waals surface area contributed by atoms with Crippen LogP contribution in [0.25, 0.3) is 0 Å². The molecule has 1 aromatic rings. The minimum absolute atomic E-state index is 0.301. The van der Waals surface area contributed by atoms with Crippen molar-refractivity contribution in [2.75, 3.05) is 26.2 Å². The van der Waals surface area contributed by atoms with E-state index in [1.807, 2.05) is 0 Å². The second kappa shape index (κ2) is 8.30. The molecular weight excluding hydrogens is 260 g/mol. The Labute approximate surface area is 116 Å². The van der Waals surface area contributed by atoms with Crippen LogP contribution in [0.15, 0.2) is 29.2 Å². The molecule has 0 unspecified atom stereocenters. The van der Waals surface area contributed by atoms with Crippen molar-refractivity contribution < 1.29 is 8.42 Å². The van der Waals surface area contributed by atoms with Crippen LogP contribution in [0.1, 0.15) is 26.7 Å². The highest BCUT2D eigenvalue weighted by Crippen LogP contribution is 2.06. The molecule has 0 aliphatic heterocycles.